The second-order valence-corrected chi connectivity index (χ2v) is 7.35. The van der Waals surface area contributed by atoms with E-state index in [-0.39, 0.29) is 11.9 Å². The van der Waals surface area contributed by atoms with E-state index in [2.05, 4.69) is 27.3 Å². The maximum absolute atomic E-state index is 12.3. The standard InChI is InChI=1S/C23H26N4O/c1-17(18-8-4-2-5-9-18)24-22(28)13-15-27-14-12-20-21(16-27)26-23(25-20)19-10-6-3-7-11-19/h2-11,17H,12-16H2,1H3,(H,24,28)(H,25,26)/t17-/m0/s1. The summed E-state index contributed by atoms with van der Waals surface area (Å²) in [5.74, 6) is 1.03. The normalized spacial score (nSPS) is 15.0. The smallest absolute Gasteiger partial charge is 0.221 e. The molecule has 28 heavy (non-hydrogen) atoms. The van der Waals surface area contributed by atoms with Crippen LogP contribution in [0.25, 0.3) is 11.4 Å². The van der Waals surface area contributed by atoms with Crippen LogP contribution in [-0.2, 0) is 17.8 Å². The van der Waals surface area contributed by atoms with Crippen molar-refractivity contribution in [3.63, 3.8) is 0 Å². The molecule has 1 atom stereocenters. The SMILES string of the molecule is C[C@H](NC(=O)CCN1CCc2nc(-c3ccccc3)[nH]c2C1)c1ccccc1. The molecular formula is C23H26N4O. The van der Waals surface area contributed by atoms with E-state index in [1.54, 1.807) is 0 Å². The molecule has 0 saturated heterocycles. The number of benzene rings is 2. The second-order valence-electron chi connectivity index (χ2n) is 7.35. The average Bonchev–Trinajstić information content (AvgIpc) is 3.17. The van der Waals surface area contributed by atoms with Crippen LogP contribution in [0, 0.1) is 0 Å². The number of carbonyl (C=O) groups is 1. The van der Waals surface area contributed by atoms with Crippen LogP contribution in [0.15, 0.2) is 60.7 Å². The fraction of sp³-hybridized carbons (Fsp3) is 0.304. The van der Waals surface area contributed by atoms with E-state index >= 15 is 0 Å². The van der Waals surface area contributed by atoms with Gasteiger partial charge in [-0.2, -0.15) is 0 Å². The molecule has 0 aliphatic carbocycles. The summed E-state index contributed by atoms with van der Waals surface area (Å²) in [6.45, 7) is 4.53. The van der Waals surface area contributed by atoms with E-state index < -0.39 is 0 Å². The van der Waals surface area contributed by atoms with Crippen LogP contribution >= 0.6 is 0 Å². The first kappa shape index (κ1) is 18.4. The first-order chi connectivity index (χ1) is 13.7. The lowest BCUT2D eigenvalue weighted by molar-refractivity contribution is -0.122. The van der Waals surface area contributed by atoms with Gasteiger partial charge < -0.3 is 10.3 Å². The Hall–Kier alpha value is -2.92. The van der Waals surface area contributed by atoms with Crippen molar-refractivity contribution in [2.24, 2.45) is 0 Å². The van der Waals surface area contributed by atoms with Crippen LogP contribution in [0.5, 0.6) is 0 Å². The van der Waals surface area contributed by atoms with Gasteiger partial charge in [-0.15, -0.1) is 0 Å². The summed E-state index contributed by atoms with van der Waals surface area (Å²) < 4.78 is 0. The van der Waals surface area contributed by atoms with Crippen molar-refractivity contribution in [3.05, 3.63) is 77.6 Å². The number of hydrogen-bond acceptors (Lipinski definition) is 3. The number of rotatable bonds is 6. The number of nitrogens with zero attached hydrogens (tertiary/aromatic N) is 2. The van der Waals surface area contributed by atoms with Gasteiger partial charge in [0.05, 0.1) is 17.4 Å². The fourth-order valence-electron chi connectivity index (χ4n) is 3.67. The van der Waals surface area contributed by atoms with Gasteiger partial charge in [-0.3, -0.25) is 9.69 Å². The van der Waals surface area contributed by atoms with E-state index in [1.807, 2.05) is 55.5 Å². The Morgan fingerprint density at radius 3 is 2.61 bits per heavy atom. The van der Waals surface area contributed by atoms with Crippen LogP contribution < -0.4 is 5.32 Å². The number of hydrogen-bond donors (Lipinski definition) is 2. The molecule has 0 bridgehead atoms. The molecule has 4 rings (SSSR count). The summed E-state index contributed by atoms with van der Waals surface area (Å²) in [6.07, 6.45) is 1.42. The van der Waals surface area contributed by atoms with Gasteiger partial charge in [0.15, 0.2) is 0 Å². The molecule has 5 heteroatoms. The number of H-pyrrole nitrogens is 1. The van der Waals surface area contributed by atoms with Crippen LogP contribution in [0.4, 0.5) is 0 Å². The summed E-state index contributed by atoms with van der Waals surface area (Å²) >= 11 is 0. The van der Waals surface area contributed by atoms with Gasteiger partial charge in [0.2, 0.25) is 5.91 Å². The second kappa shape index (κ2) is 8.40. The minimum atomic E-state index is 0.0303. The zero-order valence-corrected chi connectivity index (χ0v) is 16.2. The van der Waals surface area contributed by atoms with Crippen LogP contribution in [-0.4, -0.2) is 33.9 Å². The predicted octanol–water partition coefficient (Wildman–Crippen LogP) is 3.70. The molecule has 1 aliphatic rings. The topological polar surface area (TPSA) is 61.0 Å². The molecule has 0 fully saturated rings. The van der Waals surface area contributed by atoms with Crippen molar-refractivity contribution < 1.29 is 4.79 Å². The van der Waals surface area contributed by atoms with Gasteiger partial charge >= 0.3 is 0 Å². The summed E-state index contributed by atoms with van der Waals surface area (Å²) in [4.78, 5) is 22.9. The summed E-state index contributed by atoms with van der Waals surface area (Å²) in [7, 11) is 0. The van der Waals surface area contributed by atoms with Crippen molar-refractivity contribution >= 4 is 5.91 Å². The third-order valence-electron chi connectivity index (χ3n) is 5.29. The molecule has 0 spiro atoms. The first-order valence-corrected chi connectivity index (χ1v) is 9.89. The number of amides is 1. The van der Waals surface area contributed by atoms with Gasteiger partial charge in [0, 0.05) is 38.0 Å². The maximum Gasteiger partial charge on any atom is 0.221 e. The van der Waals surface area contributed by atoms with Gasteiger partial charge in [-0.1, -0.05) is 60.7 Å². The van der Waals surface area contributed by atoms with Crippen molar-refractivity contribution in [1.29, 1.82) is 0 Å². The number of aromatic nitrogens is 2. The minimum absolute atomic E-state index is 0.0303. The number of nitrogens with one attached hydrogen (secondary N) is 2. The third kappa shape index (κ3) is 4.31. The number of fused-ring (bicyclic) bond motifs is 1. The van der Waals surface area contributed by atoms with Crippen molar-refractivity contribution in [3.8, 4) is 11.4 Å². The molecule has 0 saturated carbocycles. The van der Waals surface area contributed by atoms with Gasteiger partial charge in [-0.25, -0.2) is 4.98 Å². The Balaban J connectivity index is 1.30. The van der Waals surface area contributed by atoms with E-state index in [1.165, 1.54) is 5.69 Å². The average molecular weight is 374 g/mol. The van der Waals surface area contributed by atoms with E-state index in [0.29, 0.717) is 6.42 Å². The van der Waals surface area contributed by atoms with Crippen LogP contribution in [0.1, 0.15) is 36.3 Å². The molecule has 0 unspecified atom stereocenters. The Kier molecular flexibility index (Phi) is 5.53. The monoisotopic (exact) mass is 374 g/mol. The van der Waals surface area contributed by atoms with Crippen molar-refractivity contribution in [1.82, 2.24) is 20.2 Å². The molecule has 0 radical (unpaired) electrons. The molecule has 2 aromatic carbocycles. The van der Waals surface area contributed by atoms with E-state index in [4.69, 9.17) is 4.98 Å². The van der Waals surface area contributed by atoms with E-state index in [9.17, 15) is 4.79 Å². The lowest BCUT2D eigenvalue weighted by Gasteiger charge is -2.26. The number of aromatic amines is 1. The molecule has 1 amide bonds. The predicted molar refractivity (Wildman–Crippen MR) is 111 cm³/mol. The van der Waals surface area contributed by atoms with E-state index in [0.717, 1.165) is 48.7 Å². The molecule has 5 nitrogen and oxygen atoms in total. The zero-order valence-electron chi connectivity index (χ0n) is 16.2. The quantitative estimate of drug-likeness (QED) is 0.692. The van der Waals surface area contributed by atoms with Gasteiger partial charge in [0.1, 0.15) is 5.82 Å². The first-order valence-electron chi connectivity index (χ1n) is 9.89. The van der Waals surface area contributed by atoms with Crippen molar-refractivity contribution in [2.45, 2.75) is 32.4 Å². The molecule has 2 heterocycles. The highest BCUT2D eigenvalue weighted by atomic mass is 16.1. The third-order valence-corrected chi connectivity index (χ3v) is 5.29. The molecule has 3 aromatic rings. The molecular weight excluding hydrogens is 348 g/mol. The Morgan fingerprint density at radius 1 is 1.14 bits per heavy atom. The number of carbonyl (C=O) groups excluding carboxylic acids is 1. The van der Waals surface area contributed by atoms with Crippen LogP contribution in [0.3, 0.4) is 0 Å². The molecule has 144 valence electrons. The van der Waals surface area contributed by atoms with Gasteiger partial charge in [0.25, 0.3) is 0 Å². The summed E-state index contributed by atoms with van der Waals surface area (Å²) in [6, 6.07) is 20.3. The summed E-state index contributed by atoms with van der Waals surface area (Å²) in [5, 5.41) is 3.09. The van der Waals surface area contributed by atoms with Gasteiger partial charge in [-0.05, 0) is 12.5 Å². The fourth-order valence-corrected chi connectivity index (χ4v) is 3.67. The maximum atomic E-state index is 12.3. The Morgan fingerprint density at radius 2 is 1.86 bits per heavy atom. The highest BCUT2D eigenvalue weighted by molar-refractivity contribution is 5.76. The van der Waals surface area contributed by atoms with Crippen LogP contribution in [0.2, 0.25) is 0 Å². The zero-order chi connectivity index (χ0) is 19.3. The number of imidazole rings is 1. The van der Waals surface area contributed by atoms with Crippen molar-refractivity contribution in [2.75, 3.05) is 13.1 Å². The minimum Gasteiger partial charge on any atom is -0.350 e. The Bertz CT molecular complexity index is 920. The highest BCUT2D eigenvalue weighted by Crippen LogP contribution is 2.22. The summed E-state index contributed by atoms with van der Waals surface area (Å²) in [5.41, 5.74) is 4.56. The molecule has 1 aliphatic heterocycles. The highest BCUT2D eigenvalue weighted by Gasteiger charge is 2.21. The lowest BCUT2D eigenvalue weighted by Crippen LogP contribution is -2.35. The lowest BCUT2D eigenvalue weighted by atomic mass is 10.1. The largest absolute Gasteiger partial charge is 0.350 e. The Labute approximate surface area is 165 Å². The molecule has 2 N–H and O–H groups in total. The molecule has 1 aromatic heterocycles.